The summed E-state index contributed by atoms with van der Waals surface area (Å²) in [4.78, 5) is 15.7. The van der Waals surface area contributed by atoms with Crippen molar-refractivity contribution in [2.24, 2.45) is 11.8 Å². The number of aryl methyl sites for hydroxylation is 1. The standard InChI is InChI=1S/C13H17N3O.2ClH/c17-12(2-1-9-3-5-14-6-4-9)16-13-10-7-15-8-11(10)13;;/h3-6,10-11,13,15H,1-2,7-8H2,(H,16,17);2*1H. The first-order valence-electron chi connectivity index (χ1n) is 6.23. The van der Waals surface area contributed by atoms with Crippen LogP contribution in [0.25, 0.3) is 0 Å². The zero-order valence-corrected chi connectivity index (χ0v) is 12.2. The number of nitrogens with zero attached hydrogens (tertiary/aromatic N) is 1. The molecular formula is C13H19Cl2N3O. The Morgan fingerprint density at radius 1 is 1.26 bits per heavy atom. The van der Waals surface area contributed by atoms with E-state index in [0.717, 1.165) is 19.5 Å². The van der Waals surface area contributed by atoms with Crippen molar-refractivity contribution in [2.45, 2.75) is 18.9 Å². The zero-order chi connectivity index (χ0) is 11.7. The predicted molar refractivity (Wildman–Crippen MR) is 78.8 cm³/mol. The monoisotopic (exact) mass is 303 g/mol. The Balaban J connectivity index is 0.000000902. The number of pyridine rings is 1. The minimum atomic E-state index is 0. The van der Waals surface area contributed by atoms with Gasteiger partial charge in [0.15, 0.2) is 0 Å². The number of rotatable bonds is 4. The molecule has 4 nitrogen and oxygen atoms in total. The fraction of sp³-hybridized carbons (Fsp3) is 0.538. The normalized spacial score (nSPS) is 26.6. The molecule has 1 aliphatic carbocycles. The third-order valence-electron chi connectivity index (χ3n) is 3.81. The Morgan fingerprint density at radius 2 is 1.89 bits per heavy atom. The fourth-order valence-corrected chi connectivity index (χ4v) is 2.70. The average molecular weight is 304 g/mol. The molecule has 1 saturated heterocycles. The van der Waals surface area contributed by atoms with Gasteiger partial charge in [0.1, 0.15) is 0 Å². The van der Waals surface area contributed by atoms with E-state index in [4.69, 9.17) is 0 Å². The molecular weight excluding hydrogens is 285 g/mol. The van der Waals surface area contributed by atoms with Crippen LogP contribution in [-0.4, -0.2) is 30.0 Å². The van der Waals surface area contributed by atoms with Crippen LogP contribution in [0, 0.1) is 11.8 Å². The Labute approximate surface area is 125 Å². The van der Waals surface area contributed by atoms with Gasteiger partial charge < -0.3 is 10.6 Å². The van der Waals surface area contributed by atoms with Gasteiger partial charge in [-0.15, -0.1) is 24.8 Å². The van der Waals surface area contributed by atoms with Gasteiger partial charge in [-0.1, -0.05) is 0 Å². The number of carbonyl (C=O) groups excluding carboxylic acids is 1. The van der Waals surface area contributed by atoms with Crippen LogP contribution < -0.4 is 10.6 Å². The molecule has 2 heterocycles. The summed E-state index contributed by atoms with van der Waals surface area (Å²) in [5, 5.41) is 6.46. The van der Waals surface area contributed by atoms with Crippen molar-refractivity contribution in [2.75, 3.05) is 13.1 Å². The second-order valence-corrected chi connectivity index (χ2v) is 4.93. The number of nitrogens with one attached hydrogen (secondary N) is 2. The number of fused-ring (bicyclic) bond motifs is 1. The Morgan fingerprint density at radius 3 is 2.53 bits per heavy atom. The zero-order valence-electron chi connectivity index (χ0n) is 10.5. The molecule has 2 fully saturated rings. The van der Waals surface area contributed by atoms with Crippen LogP contribution in [0.1, 0.15) is 12.0 Å². The van der Waals surface area contributed by atoms with E-state index in [2.05, 4.69) is 15.6 Å². The maximum atomic E-state index is 11.8. The molecule has 1 amide bonds. The molecule has 3 rings (SSSR count). The number of carbonyl (C=O) groups is 1. The number of piperidine rings is 1. The molecule has 2 atom stereocenters. The summed E-state index contributed by atoms with van der Waals surface area (Å²) >= 11 is 0. The Bertz CT molecular complexity index is 406. The van der Waals surface area contributed by atoms with Crippen molar-refractivity contribution in [3.05, 3.63) is 30.1 Å². The highest BCUT2D eigenvalue weighted by Crippen LogP contribution is 2.41. The largest absolute Gasteiger partial charge is 0.353 e. The van der Waals surface area contributed by atoms with Gasteiger partial charge in [-0.05, 0) is 36.0 Å². The van der Waals surface area contributed by atoms with Gasteiger partial charge in [-0.25, -0.2) is 0 Å². The number of halogens is 2. The highest BCUT2D eigenvalue weighted by atomic mass is 35.5. The third-order valence-corrected chi connectivity index (χ3v) is 3.81. The molecule has 2 unspecified atom stereocenters. The van der Waals surface area contributed by atoms with Crippen LogP contribution in [0.3, 0.4) is 0 Å². The van der Waals surface area contributed by atoms with Crippen LogP contribution in [-0.2, 0) is 11.2 Å². The molecule has 1 aromatic heterocycles. The third kappa shape index (κ3) is 3.81. The van der Waals surface area contributed by atoms with Crippen LogP contribution in [0.4, 0.5) is 0 Å². The number of hydrogen-bond acceptors (Lipinski definition) is 3. The highest BCUT2D eigenvalue weighted by Gasteiger charge is 2.53. The van der Waals surface area contributed by atoms with Crippen molar-refractivity contribution in [3.63, 3.8) is 0 Å². The molecule has 106 valence electrons. The van der Waals surface area contributed by atoms with Crippen LogP contribution in [0.2, 0.25) is 0 Å². The van der Waals surface area contributed by atoms with Crippen molar-refractivity contribution >= 4 is 30.7 Å². The minimum absolute atomic E-state index is 0. The summed E-state index contributed by atoms with van der Waals surface area (Å²) in [6.45, 7) is 2.14. The van der Waals surface area contributed by atoms with Gasteiger partial charge in [-0.3, -0.25) is 9.78 Å². The molecule has 1 saturated carbocycles. The summed E-state index contributed by atoms with van der Waals surface area (Å²) in [5.41, 5.74) is 1.17. The fourth-order valence-electron chi connectivity index (χ4n) is 2.70. The summed E-state index contributed by atoms with van der Waals surface area (Å²) in [6, 6.07) is 4.37. The van der Waals surface area contributed by atoms with Gasteiger partial charge in [0.2, 0.25) is 5.91 Å². The smallest absolute Gasteiger partial charge is 0.220 e. The van der Waals surface area contributed by atoms with E-state index in [-0.39, 0.29) is 30.7 Å². The van der Waals surface area contributed by atoms with Crippen LogP contribution >= 0.6 is 24.8 Å². The lowest BCUT2D eigenvalue weighted by atomic mass is 10.1. The van der Waals surface area contributed by atoms with Gasteiger partial charge in [0.25, 0.3) is 0 Å². The van der Waals surface area contributed by atoms with Gasteiger partial charge in [0, 0.05) is 37.9 Å². The predicted octanol–water partition coefficient (Wildman–Crippen LogP) is 1.19. The first kappa shape index (κ1) is 16.2. The number of amides is 1. The van der Waals surface area contributed by atoms with Gasteiger partial charge in [0.05, 0.1) is 0 Å². The topological polar surface area (TPSA) is 54.0 Å². The van der Waals surface area contributed by atoms with E-state index in [1.165, 1.54) is 5.56 Å². The molecule has 2 N–H and O–H groups in total. The number of aromatic nitrogens is 1. The maximum Gasteiger partial charge on any atom is 0.220 e. The Hall–Kier alpha value is -0.840. The van der Waals surface area contributed by atoms with E-state index in [1.807, 2.05) is 12.1 Å². The van der Waals surface area contributed by atoms with E-state index >= 15 is 0 Å². The molecule has 0 radical (unpaired) electrons. The maximum absolute atomic E-state index is 11.8. The van der Waals surface area contributed by atoms with Crippen molar-refractivity contribution in [1.82, 2.24) is 15.6 Å². The lowest BCUT2D eigenvalue weighted by Crippen LogP contribution is -2.32. The second kappa shape index (κ2) is 7.08. The minimum Gasteiger partial charge on any atom is -0.353 e. The quantitative estimate of drug-likeness (QED) is 0.878. The van der Waals surface area contributed by atoms with Gasteiger partial charge >= 0.3 is 0 Å². The molecule has 2 aliphatic rings. The van der Waals surface area contributed by atoms with E-state index < -0.39 is 0 Å². The van der Waals surface area contributed by atoms with E-state index in [1.54, 1.807) is 12.4 Å². The van der Waals surface area contributed by atoms with Crippen LogP contribution in [0.5, 0.6) is 0 Å². The summed E-state index contributed by atoms with van der Waals surface area (Å²) in [5.74, 6) is 1.57. The molecule has 1 aliphatic heterocycles. The summed E-state index contributed by atoms with van der Waals surface area (Å²) in [7, 11) is 0. The highest BCUT2D eigenvalue weighted by molar-refractivity contribution is 5.85. The lowest BCUT2D eigenvalue weighted by molar-refractivity contribution is -0.121. The van der Waals surface area contributed by atoms with Crippen molar-refractivity contribution in [3.8, 4) is 0 Å². The SMILES string of the molecule is Cl.Cl.O=C(CCc1ccncc1)NC1C2CNCC21. The first-order chi connectivity index (χ1) is 8.34. The Kier molecular flexibility index (Phi) is 6.04. The number of hydrogen-bond donors (Lipinski definition) is 2. The second-order valence-electron chi connectivity index (χ2n) is 4.93. The van der Waals surface area contributed by atoms with Gasteiger partial charge in [-0.2, -0.15) is 0 Å². The van der Waals surface area contributed by atoms with Crippen molar-refractivity contribution < 1.29 is 4.79 Å². The molecule has 19 heavy (non-hydrogen) atoms. The summed E-state index contributed by atoms with van der Waals surface area (Å²) in [6.07, 6.45) is 4.91. The van der Waals surface area contributed by atoms with Crippen LogP contribution in [0.15, 0.2) is 24.5 Å². The van der Waals surface area contributed by atoms with Crippen molar-refractivity contribution in [1.29, 1.82) is 0 Å². The molecule has 0 bridgehead atoms. The first-order valence-corrected chi connectivity index (χ1v) is 6.23. The molecule has 1 aromatic rings. The summed E-state index contributed by atoms with van der Waals surface area (Å²) < 4.78 is 0. The van der Waals surface area contributed by atoms with E-state index in [9.17, 15) is 4.79 Å². The molecule has 0 spiro atoms. The van der Waals surface area contributed by atoms with E-state index in [0.29, 0.717) is 24.3 Å². The average Bonchev–Trinajstić information content (AvgIpc) is 2.79. The molecule has 6 heteroatoms. The molecule has 0 aromatic carbocycles. The lowest BCUT2D eigenvalue weighted by Gasteiger charge is -2.07.